The highest BCUT2D eigenvalue weighted by Gasteiger charge is 2.41. The molecule has 1 atom stereocenters. The molecule has 0 saturated heterocycles. The van der Waals surface area contributed by atoms with Crippen LogP contribution in [0.4, 0.5) is 5.69 Å². The molecule has 0 aromatic heterocycles. The molecule has 0 aliphatic carbocycles. The lowest BCUT2D eigenvalue weighted by Gasteiger charge is -2.37. The summed E-state index contributed by atoms with van der Waals surface area (Å²) in [6, 6.07) is 16.3. The van der Waals surface area contributed by atoms with Gasteiger partial charge in [-0.15, -0.1) is 0 Å². The predicted molar refractivity (Wildman–Crippen MR) is 94.6 cm³/mol. The summed E-state index contributed by atoms with van der Waals surface area (Å²) < 4.78 is 2.11. The van der Waals surface area contributed by atoms with Crippen LogP contribution in [0.3, 0.4) is 0 Å². The van der Waals surface area contributed by atoms with Crippen molar-refractivity contribution >= 4 is 43.5 Å². The highest BCUT2D eigenvalue weighted by molar-refractivity contribution is 9.10. The van der Waals surface area contributed by atoms with Crippen LogP contribution in [0.25, 0.3) is 0 Å². The van der Waals surface area contributed by atoms with Crippen molar-refractivity contribution in [3.05, 3.63) is 63.0 Å². The van der Waals surface area contributed by atoms with Crippen LogP contribution in [-0.2, 0) is 5.54 Å². The molecule has 0 spiro atoms. The van der Waals surface area contributed by atoms with Gasteiger partial charge in [0.25, 0.3) is 0 Å². The fourth-order valence-electron chi connectivity index (χ4n) is 2.74. The topological polar surface area (TPSA) is 41.6 Å². The lowest BCUT2D eigenvalue weighted by molar-refractivity contribution is 0.530. The molecule has 1 unspecified atom stereocenters. The van der Waals surface area contributed by atoms with Gasteiger partial charge in [0.15, 0.2) is 5.96 Å². The lowest BCUT2D eigenvalue weighted by Crippen LogP contribution is -2.48. The van der Waals surface area contributed by atoms with Crippen molar-refractivity contribution in [2.24, 2.45) is 10.7 Å². The molecule has 0 amide bonds. The number of benzene rings is 2. The Kier molecular flexibility index (Phi) is 3.80. The van der Waals surface area contributed by atoms with Crippen molar-refractivity contribution in [1.82, 2.24) is 0 Å². The number of hydrogen-bond donors (Lipinski definition) is 1. The van der Waals surface area contributed by atoms with Gasteiger partial charge >= 0.3 is 0 Å². The van der Waals surface area contributed by atoms with E-state index in [1.807, 2.05) is 36.4 Å². The van der Waals surface area contributed by atoms with Gasteiger partial charge in [0.2, 0.25) is 0 Å². The first-order valence-electron chi connectivity index (χ1n) is 6.63. The van der Waals surface area contributed by atoms with E-state index in [9.17, 15) is 0 Å². The van der Waals surface area contributed by atoms with Crippen molar-refractivity contribution in [3.63, 3.8) is 0 Å². The zero-order valence-electron chi connectivity index (χ0n) is 11.6. The molecule has 2 N–H and O–H groups in total. The number of anilines is 1. The third-order valence-electron chi connectivity index (χ3n) is 3.81. The van der Waals surface area contributed by atoms with Crippen LogP contribution in [0, 0.1) is 0 Å². The molecule has 0 saturated carbocycles. The van der Waals surface area contributed by atoms with E-state index in [2.05, 4.69) is 60.8 Å². The van der Waals surface area contributed by atoms with Gasteiger partial charge in [0.05, 0.1) is 12.1 Å². The number of hydrogen-bond acceptors (Lipinski definition) is 3. The molecule has 2 aromatic carbocycles. The first kappa shape index (κ1) is 14.6. The van der Waals surface area contributed by atoms with Gasteiger partial charge in [-0.3, -0.25) is 4.99 Å². The van der Waals surface area contributed by atoms with E-state index < -0.39 is 0 Å². The number of rotatable bonds is 2. The molecular weight excluding hydrogens is 394 g/mol. The summed E-state index contributed by atoms with van der Waals surface area (Å²) in [5, 5.41) is 0. The van der Waals surface area contributed by atoms with E-state index in [4.69, 9.17) is 5.73 Å². The number of aliphatic imine (C=N–C) groups is 1. The van der Waals surface area contributed by atoms with Gasteiger partial charge in [-0.2, -0.15) is 0 Å². The zero-order chi connectivity index (χ0) is 15.0. The van der Waals surface area contributed by atoms with E-state index in [0.717, 1.165) is 14.6 Å². The number of nitrogens with zero attached hydrogens (tertiary/aromatic N) is 2. The van der Waals surface area contributed by atoms with Crippen molar-refractivity contribution in [2.45, 2.75) is 12.5 Å². The van der Waals surface area contributed by atoms with Gasteiger partial charge < -0.3 is 10.6 Å². The lowest BCUT2D eigenvalue weighted by atomic mass is 9.90. The summed E-state index contributed by atoms with van der Waals surface area (Å²) in [6.45, 7) is 2.80. The highest BCUT2D eigenvalue weighted by atomic mass is 79.9. The van der Waals surface area contributed by atoms with Gasteiger partial charge in [-0.1, -0.05) is 50.1 Å². The summed E-state index contributed by atoms with van der Waals surface area (Å²) in [6.07, 6.45) is 0. The Morgan fingerprint density at radius 2 is 1.76 bits per heavy atom. The fraction of sp³-hybridized carbons (Fsp3) is 0.188. The summed E-state index contributed by atoms with van der Waals surface area (Å²) >= 11 is 7.11. The maximum Gasteiger partial charge on any atom is 0.196 e. The molecule has 21 heavy (non-hydrogen) atoms. The Hall–Kier alpha value is -1.33. The molecule has 3 rings (SSSR count). The molecule has 1 aliphatic rings. The molecule has 1 heterocycles. The van der Waals surface area contributed by atoms with Gasteiger partial charge in [-0.05, 0) is 42.8 Å². The van der Waals surface area contributed by atoms with Gasteiger partial charge in [0.1, 0.15) is 0 Å². The second kappa shape index (κ2) is 5.46. The Morgan fingerprint density at radius 3 is 2.43 bits per heavy atom. The summed E-state index contributed by atoms with van der Waals surface area (Å²) in [4.78, 5) is 6.57. The van der Waals surface area contributed by atoms with E-state index in [-0.39, 0.29) is 5.54 Å². The first-order chi connectivity index (χ1) is 10.0. The molecular formula is C16H15Br2N3. The van der Waals surface area contributed by atoms with Crippen molar-refractivity contribution < 1.29 is 0 Å². The van der Waals surface area contributed by atoms with Gasteiger partial charge in [-0.25, -0.2) is 0 Å². The van der Waals surface area contributed by atoms with Crippen LogP contribution >= 0.6 is 31.9 Å². The Morgan fingerprint density at radius 1 is 1.10 bits per heavy atom. The zero-order valence-corrected chi connectivity index (χ0v) is 14.7. The van der Waals surface area contributed by atoms with Crippen LogP contribution in [0.15, 0.2) is 62.5 Å². The Balaban J connectivity index is 2.10. The normalized spacial score (nSPS) is 21.5. The van der Waals surface area contributed by atoms with E-state index in [1.54, 1.807) is 0 Å². The SMILES string of the molecule is CC1(c2ccccc2Br)CN=C(N)N1c1ccc(Br)cc1. The summed E-state index contributed by atoms with van der Waals surface area (Å²) in [7, 11) is 0. The van der Waals surface area contributed by atoms with Gasteiger partial charge in [0, 0.05) is 14.6 Å². The monoisotopic (exact) mass is 407 g/mol. The van der Waals surface area contributed by atoms with Crippen LogP contribution in [0.5, 0.6) is 0 Å². The van der Waals surface area contributed by atoms with Crippen LogP contribution in [0.1, 0.15) is 12.5 Å². The van der Waals surface area contributed by atoms with Crippen LogP contribution in [0.2, 0.25) is 0 Å². The number of halogens is 2. The van der Waals surface area contributed by atoms with Crippen molar-refractivity contribution in [1.29, 1.82) is 0 Å². The smallest absolute Gasteiger partial charge is 0.196 e. The largest absolute Gasteiger partial charge is 0.369 e. The van der Waals surface area contributed by atoms with Crippen molar-refractivity contribution in [2.75, 3.05) is 11.4 Å². The number of nitrogens with two attached hydrogens (primary N) is 1. The molecule has 3 nitrogen and oxygen atoms in total. The van der Waals surface area contributed by atoms with Crippen LogP contribution in [-0.4, -0.2) is 12.5 Å². The second-order valence-corrected chi connectivity index (χ2v) is 7.01. The summed E-state index contributed by atoms with van der Waals surface area (Å²) in [5.41, 5.74) is 8.08. The molecule has 2 aromatic rings. The quantitative estimate of drug-likeness (QED) is 0.806. The highest BCUT2D eigenvalue weighted by Crippen LogP contribution is 2.39. The fourth-order valence-corrected chi connectivity index (χ4v) is 3.72. The second-order valence-electron chi connectivity index (χ2n) is 5.24. The standard InChI is InChI=1S/C16H15Br2N3/c1-16(13-4-2-3-5-14(13)18)10-20-15(19)21(16)12-8-6-11(17)7-9-12/h2-9H,10H2,1H3,(H2,19,20). The minimum atomic E-state index is -0.294. The Labute approximate surface area is 141 Å². The third-order valence-corrected chi connectivity index (χ3v) is 5.03. The predicted octanol–water partition coefficient (Wildman–Crippen LogP) is 4.26. The maximum absolute atomic E-state index is 6.16. The van der Waals surface area contributed by atoms with Crippen LogP contribution < -0.4 is 10.6 Å². The molecule has 0 bridgehead atoms. The first-order valence-corrected chi connectivity index (χ1v) is 8.22. The minimum absolute atomic E-state index is 0.294. The van der Waals surface area contributed by atoms with E-state index in [1.165, 1.54) is 5.56 Å². The Bertz CT molecular complexity index is 697. The van der Waals surface area contributed by atoms with Crippen molar-refractivity contribution in [3.8, 4) is 0 Å². The van der Waals surface area contributed by atoms with E-state index >= 15 is 0 Å². The maximum atomic E-state index is 6.16. The third kappa shape index (κ3) is 2.49. The molecule has 5 heteroatoms. The molecule has 0 fully saturated rings. The number of guanidine groups is 1. The van der Waals surface area contributed by atoms with E-state index in [0.29, 0.717) is 12.5 Å². The molecule has 108 valence electrons. The molecule has 0 radical (unpaired) electrons. The average molecular weight is 409 g/mol. The minimum Gasteiger partial charge on any atom is -0.369 e. The molecule has 1 aliphatic heterocycles. The average Bonchev–Trinajstić information content (AvgIpc) is 2.77. The summed E-state index contributed by atoms with van der Waals surface area (Å²) in [5.74, 6) is 0.551.